The molecule has 1 unspecified atom stereocenters. The topological polar surface area (TPSA) is 46.5 Å². The Labute approximate surface area is 79.1 Å². The number of hydrogen-bond acceptors (Lipinski definition) is 3. The second-order valence-corrected chi connectivity index (χ2v) is 4.64. The highest BCUT2D eigenvalue weighted by Crippen LogP contribution is 2.48. The first-order chi connectivity index (χ1) is 6.00. The Hall–Kier alpha value is -0.570. The van der Waals surface area contributed by atoms with Gasteiger partial charge in [-0.1, -0.05) is 13.8 Å². The molecule has 0 spiro atoms. The monoisotopic (exact) mass is 186 g/mol. The van der Waals surface area contributed by atoms with Gasteiger partial charge in [-0.25, -0.2) is 0 Å². The average molecular weight is 186 g/mol. The second-order valence-electron chi connectivity index (χ2n) is 4.64. The molecule has 3 nitrogen and oxygen atoms in total. The van der Waals surface area contributed by atoms with Crippen LogP contribution in [-0.4, -0.2) is 24.8 Å². The van der Waals surface area contributed by atoms with Crippen LogP contribution >= 0.6 is 0 Å². The van der Waals surface area contributed by atoms with Crippen LogP contribution in [0, 0.1) is 17.3 Å². The molecule has 1 atom stereocenters. The molecule has 0 amide bonds. The maximum absolute atomic E-state index is 11.2. The maximum Gasteiger partial charge on any atom is 0.311 e. The fourth-order valence-electron chi connectivity index (χ4n) is 2.21. The van der Waals surface area contributed by atoms with E-state index in [4.69, 9.17) is 5.11 Å². The van der Waals surface area contributed by atoms with Crippen molar-refractivity contribution < 1.29 is 14.6 Å². The molecule has 1 N–H and O–H groups in total. The van der Waals surface area contributed by atoms with Gasteiger partial charge >= 0.3 is 5.97 Å². The van der Waals surface area contributed by atoms with Crippen molar-refractivity contribution in [3.63, 3.8) is 0 Å². The van der Waals surface area contributed by atoms with Crippen molar-refractivity contribution in [2.45, 2.75) is 26.7 Å². The maximum atomic E-state index is 11.2. The molecule has 0 aromatic heterocycles. The number of carbonyl (C=O) groups is 1. The van der Waals surface area contributed by atoms with Crippen LogP contribution < -0.4 is 0 Å². The van der Waals surface area contributed by atoms with Crippen molar-refractivity contribution in [3.8, 4) is 0 Å². The van der Waals surface area contributed by atoms with Gasteiger partial charge in [0.05, 0.1) is 19.6 Å². The summed E-state index contributed by atoms with van der Waals surface area (Å²) in [6.45, 7) is 4.26. The molecular weight excluding hydrogens is 168 g/mol. The van der Waals surface area contributed by atoms with Crippen LogP contribution in [-0.2, 0) is 9.53 Å². The largest absolute Gasteiger partial charge is 0.469 e. The van der Waals surface area contributed by atoms with Crippen molar-refractivity contribution in [3.05, 3.63) is 0 Å². The Morgan fingerprint density at radius 2 is 2.15 bits per heavy atom. The normalized spacial score (nSPS) is 23.4. The minimum absolute atomic E-state index is 0.0899. The van der Waals surface area contributed by atoms with Gasteiger partial charge in [0.1, 0.15) is 0 Å². The molecule has 3 heteroatoms. The van der Waals surface area contributed by atoms with Crippen molar-refractivity contribution in [1.29, 1.82) is 0 Å². The number of ether oxygens (including phenoxy) is 1. The molecule has 0 aliphatic heterocycles. The van der Waals surface area contributed by atoms with Gasteiger partial charge in [0.25, 0.3) is 0 Å². The van der Waals surface area contributed by atoms with Gasteiger partial charge in [-0.15, -0.1) is 0 Å². The van der Waals surface area contributed by atoms with Crippen LogP contribution in [0.3, 0.4) is 0 Å². The number of aliphatic hydroxyl groups excluding tert-OH is 1. The molecule has 0 aromatic rings. The summed E-state index contributed by atoms with van der Waals surface area (Å²) in [5.41, 5.74) is 0.339. The van der Waals surface area contributed by atoms with E-state index in [2.05, 4.69) is 18.6 Å². The van der Waals surface area contributed by atoms with Gasteiger partial charge < -0.3 is 9.84 Å². The quantitative estimate of drug-likeness (QED) is 0.674. The molecule has 76 valence electrons. The lowest BCUT2D eigenvalue weighted by Gasteiger charge is -2.45. The van der Waals surface area contributed by atoms with Crippen LogP contribution in [0.25, 0.3) is 0 Å². The van der Waals surface area contributed by atoms with E-state index in [9.17, 15) is 4.79 Å². The Balaban J connectivity index is 2.46. The van der Waals surface area contributed by atoms with E-state index in [-0.39, 0.29) is 18.5 Å². The number of esters is 1. The van der Waals surface area contributed by atoms with Crippen LogP contribution in [0.2, 0.25) is 0 Å². The number of methoxy groups -OCH3 is 1. The molecule has 0 aromatic carbocycles. The molecule has 0 radical (unpaired) electrons. The molecule has 13 heavy (non-hydrogen) atoms. The first-order valence-corrected chi connectivity index (χ1v) is 4.69. The van der Waals surface area contributed by atoms with E-state index in [1.54, 1.807) is 0 Å². The second kappa shape index (κ2) is 3.66. The molecule has 1 rings (SSSR count). The van der Waals surface area contributed by atoms with Crippen molar-refractivity contribution >= 4 is 5.97 Å². The summed E-state index contributed by atoms with van der Waals surface area (Å²) >= 11 is 0. The third kappa shape index (κ3) is 2.21. The summed E-state index contributed by atoms with van der Waals surface area (Å²) in [6.07, 6.45) is 2.01. The summed E-state index contributed by atoms with van der Waals surface area (Å²) in [7, 11) is 1.37. The van der Waals surface area contributed by atoms with Crippen molar-refractivity contribution in [2.75, 3.05) is 13.7 Å². The fraction of sp³-hybridized carbons (Fsp3) is 0.900. The van der Waals surface area contributed by atoms with Crippen molar-refractivity contribution in [2.24, 2.45) is 17.3 Å². The Kier molecular flexibility index (Phi) is 2.96. The third-order valence-corrected chi connectivity index (χ3v) is 2.90. The Morgan fingerprint density at radius 1 is 1.62 bits per heavy atom. The SMILES string of the molecule is COC(=O)C(CO)C1CC(C)(C)C1. The van der Waals surface area contributed by atoms with Gasteiger partial charge in [0.2, 0.25) is 0 Å². The summed E-state index contributed by atoms with van der Waals surface area (Å²) in [5, 5.41) is 9.03. The summed E-state index contributed by atoms with van der Waals surface area (Å²) in [6, 6.07) is 0. The van der Waals surface area contributed by atoms with E-state index >= 15 is 0 Å². The first kappa shape index (κ1) is 10.5. The van der Waals surface area contributed by atoms with Gasteiger partial charge in [-0.2, -0.15) is 0 Å². The van der Waals surface area contributed by atoms with Crippen LogP contribution in [0.15, 0.2) is 0 Å². The van der Waals surface area contributed by atoms with Crippen LogP contribution in [0.5, 0.6) is 0 Å². The number of carbonyl (C=O) groups excluding carboxylic acids is 1. The highest BCUT2D eigenvalue weighted by atomic mass is 16.5. The molecule has 0 saturated heterocycles. The van der Waals surface area contributed by atoms with E-state index in [0.29, 0.717) is 11.3 Å². The van der Waals surface area contributed by atoms with Crippen LogP contribution in [0.1, 0.15) is 26.7 Å². The van der Waals surface area contributed by atoms with Crippen molar-refractivity contribution in [1.82, 2.24) is 0 Å². The minimum atomic E-state index is -0.307. The standard InChI is InChI=1S/C10H18O3/c1-10(2)4-7(5-10)8(6-11)9(12)13-3/h7-8,11H,4-6H2,1-3H3. The Morgan fingerprint density at radius 3 is 2.46 bits per heavy atom. The summed E-state index contributed by atoms with van der Waals surface area (Å²) < 4.78 is 4.63. The lowest BCUT2D eigenvalue weighted by Crippen LogP contribution is -2.41. The van der Waals surface area contributed by atoms with E-state index in [1.165, 1.54) is 7.11 Å². The van der Waals surface area contributed by atoms with E-state index in [0.717, 1.165) is 12.8 Å². The summed E-state index contributed by atoms with van der Waals surface area (Å²) in [5.74, 6) is -0.270. The number of aliphatic hydroxyl groups is 1. The zero-order chi connectivity index (χ0) is 10.1. The van der Waals surface area contributed by atoms with Gasteiger partial charge in [-0.3, -0.25) is 4.79 Å². The van der Waals surface area contributed by atoms with Gasteiger partial charge in [0, 0.05) is 0 Å². The molecule has 1 aliphatic carbocycles. The zero-order valence-electron chi connectivity index (χ0n) is 8.54. The fourth-order valence-corrected chi connectivity index (χ4v) is 2.21. The number of rotatable bonds is 3. The predicted molar refractivity (Wildman–Crippen MR) is 49.1 cm³/mol. The molecule has 0 bridgehead atoms. The van der Waals surface area contributed by atoms with Crippen LogP contribution in [0.4, 0.5) is 0 Å². The first-order valence-electron chi connectivity index (χ1n) is 4.69. The van der Waals surface area contributed by atoms with Gasteiger partial charge in [0.15, 0.2) is 0 Å². The number of hydrogen-bond donors (Lipinski definition) is 1. The third-order valence-electron chi connectivity index (χ3n) is 2.90. The minimum Gasteiger partial charge on any atom is -0.469 e. The molecule has 0 heterocycles. The lowest BCUT2D eigenvalue weighted by atomic mass is 9.60. The molecule has 1 fully saturated rings. The molecule has 1 saturated carbocycles. The van der Waals surface area contributed by atoms with E-state index in [1.807, 2.05) is 0 Å². The van der Waals surface area contributed by atoms with Gasteiger partial charge in [-0.05, 0) is 24.2 Å². The summed E-state index contributed by atoms with van der Waals surface area (Å²) in [4.78, 5) is 11.2. The smallest absolute Gasteiger partial charge is 0.311 e. The molecule has 1 aliphatic rings. The average Bonchev–Trinajstić information content (AvgIpc) is 2.02. The zero-order valence-corrected chi connectivity index (χ0v) is 8.54. The van der Waals surface area contributed by atoms with E-state index < -0.39 is 0 Å². The molecular formula is C10H18O3. The highest BCUT2D eigenvalue weighted by molar-refractivity contribution is 5.72. The Bertz CT molecular complexity index is 190. The predicted octanol–water partition coefficient (Wildman–Crippen LogP) is 1.20. The highest BCUT2D eigenvalue weighted by Gasteiger charge is 2.43. The lowest BCUT2D eigenvalue weighted by molar-refractivity contribution is -0.152.